The lowest BCUT2D eigenvalue weighted by atomic mass is 9.99. The summed E-state index contributed by atoms with van der Waals surface area (Å²) in [6.45, 7) is 8.29. The van der Waals surface area contributed by atoms with E-state index in [9.17, 15) is 4.79 Å². The second-order valence-electron chi connectivity index (χ2n) is 6.63. The van der Waals surface area contributed by atoms with Crippen LogP contribution < -0.4 is 0 Å². The van der Waals surface area contributed by atoms with Gasteiger partial charge in [0.15, 0.2) is 0 Å². The normalized spacial score (nSPS) is 11.7. The molecule has 0 atom stereocenters. The summed E-state index contributed by atoms with van der Waals surface area (Å²) >= 11 is 0. The molecule has 0 radical (unpaired) electrons. The third kappa shape index (κ3) is 3.15. The van der Waals surface area contributed by atoms with Crippen molar-refractivity contribution < 1.29 is 9.53 Å². The van der Waals surface area contributed by atoms with Gasteiger partial charge in [-0.1, -0.05) is 17.2 Å². The van der Waals surface area contributed by atoms with E-state index in [-0.39, 0.29) is 12.3 Å². The molecule has 138 valence electrons. The molecule has 0 bridgehead atoms. The molecule has 3 rings (SSSR count). The summed E-state index contributed by atoms with van der Waals surface area (Å²) in [4.78, 5) is 14.7. The summed E-state index contributed by atoms with van der Waals surface area (Å²) in [6, 6.07) is 8.16. The van der Waals surface area contributed by atoms with Crippen LogP contribution in [0.5, 0.6) is 0 Å². The summed E-state index contributed by atoms with van der Waals surface area (Å²) < 4.78 is 7.16. The molecule has 0 fully saturated rings. The number of aromatic nitrogens is 1. The molecule has 0 aliphatic heterocycles. The molecule has 0 aliphatic rings. The first-order chi connectivity index (χ1) is 12.9. The number of esters is 1. The predicted molar refractivity (Wildman–Crippen MR) is 108 cm³/mol. The van der Waals surface area contributed by atoms with Gasteiger partial charge in [-0.3, -0.25) is 0 Å². The zero-order valence-electron chi connectivity index (χ0n) is 16.2. The highest BCUT2D eigenvalue weighted by Crippen LogP contribution is 2.35. The zero-order valence-corrected chi connectivity index (χ0v) is 16.2. The molecule has 1 heterocycles. The van der Waals surface area contributed by atoms with Crippen molar-refractivity contribution in [2.45, 2.75) is 27.7 Å². The fourth-order valence-electron chi connectivity index (χ4n) is 3.63. The van der Waals surface area contributed by atoms with Crippen LogP contribution >= 0.6 is 0 Å². The lowest BCUT2D eigenvalue weighted by Gasteiger charge is -2.07. The van der Waals surface area contributed by atoms with Crippen LogP contribution in [0.2, 0.25) is 0 Å². The molecule has 0 unspecified atom stereocenters. The second-order valence-corrected chi connectivity index (χ2v) is 6.63. The molecule has 0 spiro atoms. The van der Waals surface area contributed by atoms with E-state index in [2.05, 4.69) is 48.5 Å². The summed E-state index contributed by atoms with van der Waals surface area (Å²) in [5, 5.41) is 5.81. The maximum absolute atomic E-state index is 12.0. The van der Waals surface area contributed by atoms with Crippen molar-refractivity contribution in [3.05, 3.63) is 62.7 Å². The molecule has 0 amide bonds. The Kier molecular flexibility index (Phi) is 4.93. The number of rotatable bonds is 4. The Morgan fingerprint density at radius 3 is 2.67 bits per heavy atom. The summed E-state index contributed by atoms with van der Waals surface area (Å²) in [5.74, 6) is -0.629. The zero-order chi connectivity index (χ0) is 19.7. The maximum atomic E-state index is 12.0. The van der Waals surface area contributed by atoms with Gasteiger partial charge in [0.05, 0.1) is 12.1 Å². The van der Waals surface area contributed by atoms with E-state index in [1.54, 1.807) is 13.0 Å². The van der Waals surface area contributed by atoms with Crippen LogP contribution in [-0.4, -0.2) is 17.1 Å². The van der Waals surface area contributed by atoms with E-state index in [0.717, 1.165) is 16.5 Å². The lowest BCUT2D eigenvalue weighted by molar-refractivity contribution is -0.138. The highest BCUT2D eigenvalue weighted by molar-refractivity contribution is 6.11. The number of hydrogen-bond donors (Lipinski definition) is 0. The van der Waals surface area contributed by atoms with E-state index < -0.39 is 5.97 Å². The molecular weight excluding hydrogens is 340 g/mol. The third-order valence-electron chi connectivity index (χ3n) is 4.94. The number of benzene rings is 2. The minimum atomic E-state index is -0.629. The third-order valence-corrected chi connectivity index (χ3v) is 4.94. The SMILES string of the molecule is CCOC(=O)/C(=C/c1ccc2c(c1)c1c(C)c(C)cc(C)c1n2C)N=[N+]=[N-]. The number of nitrogens with zero attached hydrogens (tertiary/aromatic N) is 4. The van der Waals surface area contributed by atoms with Crippen LogP contribution in [0.15, 0.2) is 35.1 Å². The first-order valence-electron chi connectivity index (χ1n) is 8.81. The Morgan fingerprint density at radius 1 is 1.26 bits per heavy atom. The summed E-state index contributed by atoms with van der Waals surface area (Å²) in [6.07, 6.45) is 1.56. The van der Waals surface area contributed by atoms with Crippen molar-refractivity contribution >= 4 is 33.9 Å². The Morgan fingerprint density at radius 2 is 2.00 bits per heavy atom. The van der Waals surface area contributed by atoms with Crippen molar-refractivity contribution in [2.24, 2.45) is 12.2 Å². The molecule has 6 nitrogen and oxygen atoms in total. The lowest BCUT2D eigenvalue weighted by Crippen LogP contribution is -2.05. The van der Waals surface area contributed by atoms with Crippen LogP contribution in [0.3, 0.4) is 0 Å². The highest BCUT2D eigenvalue weighted by Gasteiger charge is 2.15. The van der Waals surface area contributed by atoms with Crippen molar-refractivity contribution in [1.29, 1.82) is 0 Å². The Bertz CT molecular complexity index is 1150. The molecular formula is C21H22N4O2. The van der Waals surface area contributed by atoms with E-state index in [1.165, 1.54) is 27.6 Å². The second kappa shape index (κ2) is 7.17. The number of azide groups is 1. The van der Waals surface area contributed by atoms with Gasteiger partial charge < -0.3 is 9.30 Å². The van der Waals surface area contributed by atoms with Crippen molar-refractivity contribution in [3.63, 3.8) is 0 Å². The van der Waals surface area contributed by atoms with Crippen LogP contribution in [0.4, 0.5) is 0 Å². The van der Waals surface area contributed by atoms with Gasteiger partial charge >= 0.3 is 5.97 Å². The van der Waals surface area contributed by atoms with Gasteiger partial charge in [-0.15, -0.1) is 0 Å². The van der Waals surface area contributed by atoms with Crippen LogP contribution in [0.25, 0.3) is 38.3 Å². The van der Waals surface area contributed by atoms with Crippen LogP contribution in [0.1, 0.15) is 29.2 Å². The smallest absolute Gasteiger partial charge is 0.340 e. The molecule has 0 N–H and O–H groups in total. The average Bonchev–Trinajstić information content (AvgIpc) is 2.92. The van der Waals surface area contributed by atoms with Gasteiger partial charge in [-0.25, -0.2) is 4.79 Å². The molecule has 1 aromatic heterocycles. The van der Waals surface area contributed by atoms with Gasteiger partial charge in [0, 0.05) is 28.2 Å². The maximum Gasteiger partial charge on any atom is 0.340 e. The van der Waals surface area contributed by atoms with Crippen molar-refractivity contribution in [3.8, 4) is 0 Å². The van der Waals surface area contributed by atoms with Crippen LogP contribution in [-0.2, 0) is 16.6 Å². The molecule has 0 saturated heterocycles. The minimum Gasteiger partial charge on any atom is -0.462 e. The number of ether oxygens (including phenoxy) is 1. The molecule has 3 aromatic rings. The number of carbonyl (C=O) groups is 1. The first-order valence-corrected chi connectivity index (χ1v) is 8.81. The highest BCUT2D eigenvalue weighted by atomic mass is 16.5. The fraction of sp³-hybridized carbons (Fsp3) is 0.286. The van der Waals surface area contributed by atoms with E-state index in [4.69, 9.17) is 10.3 Å². The standard InChI is InChI=1S/C21H22N4O2/c1-6-27-21(26)17(23-24-22)11-15-7-8-18-16(10-15)19-14(4)12(2)9-13(3)20(19)25(18)5/h7-11H,6H2,1-5H3/b17-11-. The van der Waals surface area contributed by atoms with Gasteiger partial charge in [0.2, 0.25) is 0 Å². The predicted octanol–water partition coefficient (Wildman–Crippen LogP) is 5.47. The van der Waals surface area contributed by atoms with E-state index in [1.807, 2.05) is 18.2 Å². The Hall–Kier alpha value is -3.24. The number of aryl methyl sites for hydroxylation is 4. The minimum absolute atomic E-state index is 0.0528. The van der Waals surface area contributed by atoms with Crippen molar-refractivity contribution in [2.75, 3.05) is 6.61 Å². The summed E-state index contributed by atoms with van der Waals surface area (Å²) in [7, 11) is 2.06. The average molecular weight is 362 g/mol. The van der Waals surface area contributed by atoms with Gasteiger partial charge in [-0.05, 0) is 73.7 Å². The topological polar surface area (TPSA) is 80.0 Å². The molecule has 27 heavy (non-hydrogen) atoms. The molecule has 6 heteroatoms. The van der Waals surface area contributed by atoms with E-state index >= 15 is 0 Å². The Balaban J connectivity index is 2.29. The quantitative estimate of drug-likeness (QED) is 0.203. The number of carbonyl (C=O) groups excluding carboxylic acids is 1. The molecule has 2 aromatic carbocycles. The van der Waals surface area contributed by atoms with Gasteiger partial charge in [0.1, 0.15) is 5.70 Å². The first kappa shape index (κ1) is 18.5. The largest absolute Gasteiger partial charge is 0.462 e. The fourth-order valence-corrected chi connectivity index (χ4v) is 3.63. The number of hydrogen-bond acceptors (Lipinski definition) is 3. The molecule has 0 aliphatic carbocycles. The van der Waals surface area contributed by atoms with E-state index in [0.29, 0.717) is 0 Å². The van der Waals surface area contributed by atoms with Gasteiger partial charge in [-0.2, -0.15) is 0 Å². The summed E-state index contributed by atoms with van der Waals surface area (Å²) in [5.41, 5.74) is 15.5. The van der Waals surface area contributed by atoms with Gasteiger partial charge in [0.25, 0.3) is 0 Å². The van der Waals surface area contributed by atoms with Crippen molar-refractivity contribution in [1.82, 2.24) is 4.57 Å². The molecule has 0 saturated carbocycles. The Labute approximate surface area is 157 Å². The van der Waals surface area contributed by atoms with Crippen LogP contribution in [0, 0.1) is 20.8 Å². The monoisotopic (exact) mass is 362 g/mol. The number of fused-ring (bicyclic) bond motifs is 3.